The largest absolute Gasteiger partial charge is 0.309 e. The molecule has 3 atom stereocenters. The molecule has 3 unspecified atom stereocenters. The van der Waals surface area contributed by atoms with Gasteiger partial charge in [-0.2, -0.15) is 0 Å². The summed E-state index contributed by atoms with van der Waals surface area (Å²) in [6, 6.07) is 99.4. The second-order valence-corrected chi connectivity index (χ2v) is 25.8. The summed E-state index contributed by atoms with van der Waals surface area (Å²) in [4.78, 5) is 0. The Labute approximate surface area is 534 Å². The van der Waals surface area contributed by atoms with E-state index in [0.29, 0.717) is 17.8 Å². The minimum atomic E-state index is 0.497. The Balaban J connectivity index is 0.825. The topological polar surface area (TPSA) is 14.8 Å². The molecule has 0 amide bonds. The van der Waals surface area contributed by atoms with Gasteiger partial charge >= 0.3 is 0 Å². The maximum absolute atomic E-state index is 2.48. The molecular weight excluding hydrogens is 1100 g/mol. The standard InChI is InChI=1S/C88H75N3/c1-8-55(5)63-32-44-82-76(50-63)75-49-58(11-4)25-43-81(75)89(82)68-37-26-59(27-38-68)66-35-47-85-79(53-66)80-54-67(60-28-39-69(40-29-60)90-83-45-33-64(56(6)9-2)51-77(83)78-52-65(57(7)10-3)34-46-84(78)90)36-48-86(80)91(85)70-41-30-62(31-42-70)88-73-23-17-15-21-71(73)87(61-19-13-12-14-20-61)72-22-16-18-24-74(72)88/h12-57H,8-11H2,1-7H3. The predicted molar refractivity (Wildman–Crippen MR) is 392 cm³/mol. The number of benzene rings is 13. The van der Waals surface area contributed by atoms with Crippen molar-refractivity contribution in [1.82, 2.24) is 13.7 Å². The number of aryl methyl sites for hydroxylation is 1. The number of nitrogens with zero attached hydrogens (tertiary/aromatic N) is 3. The molecular formula is C88H75N3. The Kier molecular flexibility index (Phi) is 14.0. The summed E-state index contributed by atoms with van der Waals surface area (Å²) in [6.45, 7) is 16.2. The van der Waals surface area contributed by atoms with Gasteiger partial charge in [-0.15, -0.1) is 0 Å². The van der Waals surface area contributed by atoms with Crippen LogP contribution < -0.4 is 0 Å². The molecule has 16 aromatic rings. The van der Waals surface area contributed by atoms with Gasteiger partial charge in [-0.1, -0.05) is 200 Å². The van der Waals surface area contributed by atoms with E-state index in [4.69, 9.17) is 0 Å². The van der Waals surface area contributed by atoms with Gasteiger partial charge in [-0.25, -0.2) is 0 Å². The van der Waals surface area contributed by atoms with Crippen molar-refractivity contribution in [3.05, 3.63) is 283 Å². The van der Waals surface area contributed by atoms with Crippen molar-refractivity contribution in [1.29, 1.82) is 0 Å². The van der Waals surface area contributed by atoms with Crippen molar-refractivity contribution in [2.75, 3.05) is 0 Å². The minimum absolute atomic E-state index is 0.497. The van der Waals surface area contributed by atoms with Crippen molar-refractivity contribution >= 4 is 87.0 Å². The zero-order chi connectivity index (χ0) is 61.6. The van der Waals surface area contributed by atoms with Crippen LogP contribution in [-0.4, -0.2) is 13.7 Å². The molecule has 0 fully saturated rings. The van der Waals surface area contributed by atoms with Crippen LogP contribution in [0.1, 0.15) is 108 Å². The van der Waals surface area contributed by atoms with E-state index in [-0.39, 0.29) is 0 Å². The maximum Gasteiger partial charge on any atom is 0.0541 e. The molecule has 0 N–H and O–H groups in total. The third-order valence-corrected chi connectivity index (χ3v) is 20.7. The SMILES string of the molecule is CCc1ccc2c(c1)c1cc(C(C)CC)ccc1n2-c1ccc(-c2ccc3c(c2)c2cc(-c4ccc(-n5c6ccc(C(C)CC)cc6c6cc(C(C)CC)ccc65)cc4)ccc2n3-c2ccc(-c3c4ccccc4c(-c4ccccc4)c4ccccc34)cc2)cc1. The van der Waals surface area contributed by atoms with E-state index in [0.717, 1.165) is 31.4 Å². The molecule has 0 saturated heterocycles. The first kappa shape index (κ1) is 56.0. The van der Waals surface area contributed by atoms with Crippen molar-refractivity contribution in [2.24, 2.45) is 0 Å². The predicted octanol–water partition coefficient (Wildman–Crippen LogP) is 25.1. The monoisotopic (exact) mass is 1170 g/mol. The summed E-state index contributed by atoms with van der Waals surface area (Å²) in [5.41, 5.74) is 26.1. The Morgan fingerprint density at radius 2 is 0.527 bits per heavy atom. The van der Waals surface area contributed by atoms with E-state index in [1.807, 2.05) is 0 Å². The molecule has 3 heteroatoms. The van der Waals surface area contributed by atoms with E-state index in [1.54, 1.807) is 0 Å². The lowest BCUT2D eigenvalue weighted by Crippen LogP contribution is -1.96. The fourth-order valence-electron chi connectivity index (χ4n) is 14.9. The highest BCUT2D eigenvalue weighted by Gasteiger charge is 2.22. The molecule has 0 aliphatic rings. The van der Waals surface area contributed by atoms with Crippen LogP contribution in [0.2, 0.25) is 0 Å². The van der Waals surface area contributed by atoms with Crippen LogP contribution in [-0.2, 0) is 6.42 Å². The highest BCUT2D eigenvalue weighted by molar-refractivity contribution is 6.22. The second kappa shape index (κ2) is 22.7. The third kappa shape index (κ3) is 9.30. The Morgan fingerprint density at radius 1 is 0.242 bits per heavy atom. The summed E-state index contributed by atoms with van der Waals surface area (Å²) >= 11 is 0. The number of rotatable bonds is 14. The molecule has 3 heterocycles. The molecule has 0 radical (unpaired) electrons. The highest BCUT2D eigenvalue weighted by atomic mass is 15.0. The summed E-state index contributed by atoms with van der Waals surface area (Å²) < 4.78 is 7.42. The van der Waals surface area contributed by atoms with E-state index in [1.165, 1.54) is 165 Å². The molecule has 0 aliphatic heterocycles. The molecule has 0 spiro atoms. The first-order valence-electron chi connectivity index (χ1n) is 33.2. The Hall–Kier alpha value is -10.2. The fourth-order valence-corrected chi connectivity index (χ4v) is 14.9. The molecule has 0 bridgehead atoms. The summed E-state index contributed by atoms with van der Waals surface area (Å²) in [6.07, 6.45) is 4.36. The summed E-state index contributed by atoms with van der Waals surface area (Å²) in [7, 11) is 0. The molecule has 0 saturated carbocycles. The van der Waals surface area contributed by atoms with Gasteiger partial charge in [0, 0.05) is 49.4 Å². The van der Waals surface area contributed by atoms with Crippen molar-refractivity contribution in [3.63, 3.8) is 0 Å². The number of fused-ring (bicyclic) bond motifs is 11. The Bertz CT molecular complexity index is 5360. The minimum Gasteiger partial charge on any atom is -0.309 e. The molecule has 0 aliphatic carbocycles. The smallest absolute Gasteiger partial charge is 0.0541 e. The lowest BCUT2D eigenvalue weighted by molar-refractivity contribution is 0.734. The van der Waals surface area contributed by atoms with E-state index >= 15 is 0 Å². The lowest BCUT2D eigenvalue weighted by atomic mass is 9.86. The van der Waals surface area contributed by atoms with Crippen molar-refractivity contribution < 1.29 is 0 Å². The fraction of sp³-hybridized carbons (Fsp3) is 0.159. The second-order valence-electron chi connectivity index (χ2n) is 25.8. The van der Waals surface area contributed by atoms with Gasteiger partial charge in [0.1, 0.15) is 0 Å². The van der Waals surface area contributed by atoms with Crippen LogP contribution in [0.5, 0.6) is 0 Å². The zero-order valence-electron chi connectivity index (χ0n) is 53.2. The molecule has 3 aromatic heterocycles. The normalized spacial score (nSPS) is 13.0. The van der Waals surface area contributed by atoms with Gasteiger partial charge in [-0.05, 0) is 241 Å². The van der Waals surface area contributed by atoms with E-state index < -0.39 is 0 Å². The number of hydrogen-bond donors (Lipinski definition) is 0. The molecule has 91 heavy (non-hydrogen) atoms. The van der Waals surface area contributed by atoms with Crippen LogP contribution in [0.25, 0.3) is 149 Å². The van der Waals surface area contributed by atoms with Crippen LogP contribution in [0.3, 0.4) is 0 Å². The average molecular weight is 1170 g/mol. The van der Waals surface area contributed by atoms with Crippen LogP contribution in [0, 0.1) is 0 Å². The van der Waals surface area contributed by atoms with Gasteiger partial charge < -0.3 is 13.7 Å². The van der Waals surface area contributed by atoms with Crippen LogP contribution in [0.15, 0.2) is 261 Å². The first-order valence-corrected chi connectivity index (χ1v) is 33.2. The number of aromatic nitrogens is 3. The Morgan fingerprint density at radius 3 is 0.879 bits per heavy atom. The van der Waals surface area contributed by atoms with Crippen molar-refractivity contribution in [3.8, 4) is 61.6 Å². The first-order chi connectivity index (χ1) is 44.7. The van der Waals surface area contributed by atoms with Gasteiger partial charge in [0.05, 0.1) is 33.1 Å². The quantitative estimate of drug-likeness (QED) is 0.0964. The average Bonchev–Trinajstić information content (AvgIpc) is 1.75. The van der Waals surface area contributed by atoms with Gasteiger partial charge in [0.2, 0.25) is 0 Å². The van der Waals surface area contributed by atoms with E-state index in [9.17, 15) is 0 Å². The molecule has 3 nitrogen and oxygen atoms in total. The van der Waals surface area contributed by atoms with Crippen LogP contribution >= 0.6 is 0 Å². The number of hydrogen-bond acceptors (Lipinski definition) is 0. The van der Waals surface area contributed by atoms with Crippen molar-refractivity contribution in [2.45, 2.75) is 91.9 Å². The van der Waals surface area contributed by atoms with E-state index in [2.05, 4.69) is 323 Å². The van der Waals surface area contributed by atoms with Gasteiger partial charge in [0.15, 0.2) is 0 Å². The zero-order valence-corrected chi connectivity index (χ0v) is 53.2. The maximum atomic E-state index is 2.48. The lowest BCUT2D eigenvalue weighted by Gasteiger charge is -2.18. The molecule has 13 aromatic carbocycles. The van der Waals surface area contributed by atoms with Gasteiger partial charge in [-0.3, -0.25) is 0 Å². The molecule has 442 valence electrons. The van der Waals surface area contributed by atoms with Crippen LogP contribution in [0.4, 0.5) is 0 Å². The summed E-state index contributed by atoms with van der Waals surface area (Å²) in [5.74, 6) is 1.50. The van der Waals surface area contributed by atoms with Gasteiger partial charge in [0.25, 0.3) is 0 Å². The third-order valence-electron chi connectivity index (χ3n) is 20.7. The molecule has 16 rings (SSSR count). The summed E-state index contributed by atoms with van der Waals surface area (Å²) in [5, 5.41) is 12.8. The highest BCUT2D eigenvalue weighted by Crippen LogP contribution is 2.46.